The van der Waals surface area contributed by atoms with E-state index in [0.29, 0.717) is 38.2 Å². The second-order valence-corrected chi connectivity index (χ2v) is 8.16. The van der Waals surface area contributed by atoms with E-state index in [1.54, 1.807) is 12.1 Å². The standard InChI is InChI=1S/C21H31FN2O3/c1-17-7-12-23(13-8-17)15-20(25)24-11-2-9-21(26,10-14-24)16-27-19-5-3-18(22)4-6-19/h3-6,17,26H,2,7-16H2,1H3. The van der Waals surface area contributed by atoms with Crippen LogP contribution in [0.15, 0.2) is 24.3 Å². The number of amides is 1. The van der Waals surface area contributed by atoms with Crippen molar-refractivity contribution in [2.75, 3.05) is 39.3 Å². The van der Waals surface area contributed by atoms with Gasteiger partial charge in [0.05, 0.1) is 6.54 Å². The molecule has 0 radical (unpaired) electrons. The molecule has 1 atom stereocenters. The van der Waals surface area contributed by atoms with Crippen molar-refractivity contribution < 1.29 is 19.0 Å². The number of likely N-dealkylation sites (tertiary alicyclic amines) is 2. The van der Waals surface area contributed by atoms with Crippen LogP contribution in [-0.2, 0) is 4.79 Å². The third-order valence-corrected chi connectivity index (χ3v) is 5.83. The predicted molar refractivity (Wildman–Crippen MR) is 102 cm³/mol. The first-order valence-electron chi connectivity index (χ1n) is 10.0. The number of benzene rings is 1. The molecule has 6 heteroatoms. The molecule has 2 aliphatic heterocycles. The number of carbonyl (C=O) groups excluding carboxylic acids is 1. The molecular weight excluding hydrogens is 347 g/mol. The van der Waals surface area contributed by atoms with Gasteiger partial charge >= 0.3 is 0 Å². The van der Waals surface area contributed by atoms with Gasteiger partial charge in [0.2, 0.25) is 5.91 Å². The number of rotatable bonds is 5. The van der Waals surface area contributed by atoms with E-state index in [9.17, 15) is 14.3 Å². The van der Waals surface area contributed by atoms with Crippen molar-refractivity contribution in [2.24, 2.45) is 5.92 Å². The Hall–Kier alpha value is -1.66. The maximum Gasteiger partial charge on any atom is 0.236 e. The zero-order chi connectivity index (χ0) is 19.3. The summed E-state index contributed by atoms with van der Waals surface area (Å²) < 4.78 is 18.6. The topological polar surface area (TPSA) is 53.0 Å². The Morgan fingerprint density at radius 3 is 2.59 bits per heavy atom. The molecule has 0 saturated carbocycles. The van der Waals surface area contributed by atoms with Crippen LogP contribution in [0.3, 0.4) is 0 Å². The van der Waals surface area contributed by atoms with Crippen LogP contribution in [0.2, 0.25) is 0 Å². The van der Waals surface area contributed by atoms with Crippen molar-refractivity contribution in [3.63, 3.8) is 0 Å². The van der Waals surface area contributed by atoms with E-state index in [1.807, 2.05) is 4.90 Å². The number of ether oxygens (including phenoxy) is 1. The molecule has 0 aliphatic carbocycles. The summed E-state index contributed by atoms with van der Waals surface area (Å²) in [5, 5.41) is 10.9. The molecule has 2 saturated heterocycles. The molecule has 0 aromatic heterocycles. The van der Waals surface area contributed by atoms with Gasteiger partial charge in [0.1, 0.15) is 23.8 Å². The highest BCUT2D eigenvalue weighted by atomic mass is 19.1. The zero-order valence-electron chi connectivity index (χ0n) is 16.2. The molecule has 27 heavy (non-hydrogen) atoms. The maximum atomic E-state index is 13.0. The van der Waals surface area contributed by atoms with Gasteiger partial charge in [0, 0.05) is 13.1 Å². The van der Waals surface area contributed by atoms with Crippen LogP contribution in [0.25, 0.3) is 0 Å². The number of halogens is 1. The summed E-state index contributed by atoms with van der Waals surface area (Å²) in [6, 6.07) is 5.80. The molecule has 2 aliphatic rings. The highest BCUT2D eigenvalue weighted by Crippen LogP contribution is 2.24. The van der Waals surface area contributed by atoms with Crippen molar-refractivity contribution in [1.82, 2.24) is 9.80 Å². The Balaban J connectivity index is 1.47. The first kappa shape index (κ1) is 20.1. The van der Waals surface area contributed by atoms with Gasteiger partial charge in [0.25, 0.3) is 0 Å². The zero-order valence-corrected chi connectivity index (χ0v) is 16.2. The molecule has 150 valence electrons. The Morgan fingerprint density at radius 1 is 1.19 bits per heavy atom. The second kappa shape index (κ2) is 9.02. The highest BCUT2D eigenvalue weighted by Gasteiger charge is 2.33. The molecule has 0 bridgehead atoms. The van der Waals surface area contributed by atoms with Gasteiger partial charge in [-0.25, -0.2) is 4.39 Å². The van der Waals surface area contributed by atoms with E-state index in [1.165, 1.54) is 12.1 Å². The molecular formula is C21H31FN2O3. The Morgan fingerprint density at radius 2 is 1.89 bits per heavy atom. The fourth-order valence-electron chi connectivity index (χ4n) is 3.83. The average Bonchev–Trinajstić information content (AvgIpc) is 2.85. The van der Waals surface area contributed by atoms with Crippen LogP contribution >= 0.6 is 0 Å². The van der Waals surface area contributed by atoms with Crippen molar-refractivity contribution in [3.05, 3.63) is 30.1 Å². The third-order valence-electron chi connectivity index (χ3n) is 5.83. The average molecular weight is 378 g/mol. The molecule has 1 amide bonds. The van der Waals surface area contributed by atoms with Gasteiger partial charge < -0.3 is 14.7 Å². The Bertz CT molecular complexity index is 616. The lowest BCUT2D eigenvalue weighted by molar-refractivity contribution is -0.133. The summed E-state index contributed by atoms with van der Waals surface area (Å²) in [5.74, 6) is 1.15. The number of carbonyl (C=O) groups is 1. The number of hydrogen-bond acceptors (Lipinski definition) is 4. The SMILES string of the molecule is CC1CCN(CC(=O)N2CCCC(O)(COc3ccc(F)cc3)CC2)CC1. The lowest BCUT2D eigenvalue weighted by Gasteiger charge is -2.32. The van der Waals surface area contributed by atoms with Crippen LogP contribution in [0.4, 0.5) is 4.39 Å². The summed E-state index contributed by atoms with van der Waals surface area (Å²) in [7, 11) is 0. The van der Waals surface area contributed by atoms with Crippen molar-refractivity contribution in [2.45, 2.75) is 44.6 Å². The number of aliphatic hydroxyl groups is 1. The maximum absolute atomic E-state index is 13.0. The van der Waals surface area contributed by atoms with Crippen molar-refractivity contribution >= 4 is 5.91 Å². The molecule has 1 aromatic carbocycles. The van der Waals surface area contributed by atoms with Crippen LogP contribution < -0.4 is 4.74 Å². The van der Waals surface area contributed by atoms with E-state index in [4.69, 9.17) is 4.74 Å². The smallest absolute Gasteiger partial charge is 0.236 e. The number of hydrogen-bond donors (Lipinski definition) is 1. The molecule has 5 nitrogen and oxygen atoms in total. The van der Waals surface area contributed by atoms with Crippen LogP contribution in [0.5, 0.6) is 5.75 Å². The second-order valence-electron chi connectivity index (χ2n) is 8.16. The van der Waals surface area contributed by atoms with Crippen LogP contribution in [0, 0.1) is 11.7 Å². The lowest BCUT2D eigenvalue weighted by Crippen LogP contribution is -2.44. The molecule has 2 heterocycles. The van der Waals surface area contributed by atoms with Crippen LogP contribution in [0.1, 0.15) is 39.0 Å². The number of nitrogens with zero attached hydrogens (tertiary/aromatic N) is 2. The third kappa shape index (κ3) is 5.91. The summed E-state index contributed by atoms with van der Waals surface area (Å²) in [4.78, 5) is 16.8. The Kier molecular flexibility index (Phi) is 6.71. The summed E-state index contributed by atoms with van der Waals surface area (Å²) in [6.45, 7) is 6.13. The highest BCUT2D eigenvalue weighted by molar-refractivity contribution is 5.78. The van der Waals surface area contributed by atoms with Gasteiger partial charge in [-0.05, 0) is 75.4 Å². The summed E-state index contributed by atoms with van der Waals surface area (Å²) in [6.07, 6.45) is 4.17. The van der Waals surface area contributed by atoms with Gasteiger partial charge in [-0.15, -0.1) is 0 Å². The van der Waals surface area contributed by atoms with Crippen molar-refractivity contribution in [3.8, 4) is 5.75 Å². The minimum atomic E-state index is -0.954. The van der Waals surface area contributed by atoms with Gasteiger partial charge in [-0.1, -0.05) is 6.92 Å². The van der Waals surface area contributed by atoms with E-state index in [2.05, 4.69) is 11.8 Å². The van der Waals surface area contributed by atoms with E-state index >= 15 is 0 Å². The fourth-order valence-corrected chi connectivity index (χ4v) is 3.83. The minimum absolute atomic E-state index is 0.157. The van der Waals surface area contributed by atoms with Crippen LogP contribution in [-0.4, -0.2) is 65.7 Å². The normalized spacial score (nSPS) is 25.2. The monoisotopic (exact) mass is 378 g/mol. The molecule has 2 fully saturated rings. The molecule has 1 aromatic rings. The summed E-state index contributed by atoms with van der Waals surface area (Å²) >= 11 is 0. The largest absolute Gasteiger partial charge is 0.491 e. The van der Waals surface area contributed by atoms with Gasteiger partial charge in [0.15, 0.2) is 0 Å². The van der Waals surface area contributed by atoms with Gasteiger partial charge in [-0.2, -0.15) is 0 Å². The summed E-state index contributed by atoms with van der Waals surface area (Å²) in [5.41, 5.74) is -0.954. The number of piperidine rings is 1. The first-order chi connectivity index (χ1) is 12.9. The quantitative estimate of drug-likeness (QED) is 0.856. The molecule has 0 spiro atoms. The van der Waals surface area contributed by atoms with E-state index < -0.39 is 5.60 Å². The Labute approximate surface area is 161 Å². The fraction of sp³-hybridized carbons (Fsp3) is 0.667. The van der Waals surface area contributed by atoms with E-state index in [0.717, 1.165) is 38.3 Å². The molecule has 3 rings (SSSR count). The van der Waals surface area contributed by atoms with Gasteiger partial charge in [-0.3, -0.25) is 9.69 Å². The molecule has 1 N–H and O–H groups in total. The minimum Gasteiger partial charge on any atom is -0.491 e. The predicted octanol–water partition coefficient (Wildman–Crippen LogP) is 2.68. The van der Waals surface area contributed by atoms with E-state index in [-0.39, 0.29) is 18.3 Å². The first-order valence-corrected chi connectivity index (χ1v) is 10.0. The molecule has 1 unspecified atom stereocenters. The van der Waals surface area contributed by atoms with Crippen molar-refractivity contribution in [1.29, 1.82) is 0 Å². The lowest BCUT2D eigenvalue weighted by atomic mass is 9.96.